The van der Waals surface area contributed by atoms with Crippen molar-refractivity contribution in [2.75, 3.05) is 0 Å². The molecule has 0 unspecified atom stereocenters. The standard InChI is InChI=1S/C35H33N2.Ir/c1-21-15-17-26-31(29(21)28-18-16-22(20-36(28)7)19-34(2,3)4)30-25-13-10-12-24-23-11-8-9-14-27(23)37(32(24)25)33(30)35(26,5)6;/h8-18,20H,1,7,19H2,2-6H3;/q-1;/i19D2;. The van der Waals surface area contributed by atoms with Crippen LogP contribution in [-0.4, -0.2) is 4.40 Å². The second-order valence-corrected chi connectivity index (χ2v) is 12.1. The summed E-state index contributed by atoms with van der Waals surface area (Å²) in [5, 5.41) is 3.82. The summed E-state index contributed by atoms with van der Waals surface area (Å²) in [6.07, 6.45) is 0.349. The second kappa shape index (κ2) is 8.12. The minimum atomic E-state index is -1.50. The van der Waals surface area contributed by atoms with Gasteiger partial charge in [0.05, 0.1) is 22.9 Å². The summed E-state index contributed by atoms with van der Waals surface area (Å²) >= 11 is 0. The molecule has 3 heterocycles. The van der Waals surface area contributed by atoms with E-state index in [-0.39, 0.29) is 25.5 Å². The third-order valence-electron chi connectivity index (χ3n) is 8.03. The number of para-hydroxylation sites is 2. The van der Waals surface area contributed by atoms with Gasteiger partial charge >= 0.3 is 0 Å². The van der Waals surface area contributed by atoms with E-state index in [0.717, 1.165) is 16.8 Å². The molecule has 0 atom stereocenters. The summed E-state index contributed by atoms with van der Waals surface area (Å²) in [5.41, 5.74) is 10.4. The van der Waals surface area contributed by atoms with Gasteiger partial charge in [-0.2, -0.15) is 18.6 Å². The van der Waals surface area contributed by atoms with Crippen molar-refractivity contribution in [2.45, 2.75) is 46.4 Å². The first-order chi connectivity index (χ1) is 18.4. The molecular formula is C35H33IrN2-. The number of benzene rings is 3. The van der Waals surface area contributed by atoms with Crippen molar-refractivity contribution >= 4 is 27.2 Å². The Morgan fingerprint density at radius 1 is 0.868 bits per heavy atom. The number of fused-ring (bicyclic) bond motifs is 8. The van der Waals surface area contributed by atoms with Crippen molar-refractivity contribution in [2.24, 2.45) is 5.41 Å². The predicted molar refractivity (Wildman–Crippen MR) is 155 cm³/mol. The summed E-state index contributed by atoms with van der Waals surface area (Å²) in [4.78, 5) is 0. The van der Waals surface area contributed by atoms with Crippen LogP contribution in [0.2, 0.25) is 0 Å². The van der Waals surface area contributed by atoms with Gasteiger partial charge in [-0.25, -0.2) is 0 Å². The van der Waals surface area contributed by atoms with Crippen LogP contribution in [0.1, 0.15) is 59.7 Å². The van der Waals surface area contributed by atoms with Crippen molar-refractivity contribution < 1.29 is 27.4 Å². The average molecular weight is 676 g/mol. The van der Waals surface area contributed by atoms with E-state index < -0.39 is 11.8 Å². The third-order valence-corrected chi connectivity index (χ3v) is 8.03. The van der Waals surface area contributed by atoms with Crippen LogP contribution in [0.25, 0.3) is 49.6 Å². The van der Waals surface area contributed by atoms with E-state index in [1.807, 2.05) is 43.7 Å². The van der Waals surface area contributed by atoms with Gasteiger partial charge in [0, 0.05) is 57.2 Å². The van der Waals surface area contributed by atoms with Crippen molar-refractivity contribution in [1.29, 1.82) is 0 Å². The molecule has 0 saturated heterocycles. The molecule has 193 valence electrons. The molecule has 0 aliphatic heterocycles. The molecule has 3 aromatic heterocycles. The first kappa shape index (κ1) is 22.7. The van der Waals surface area contributed by atoms with Crippen LogP contribution < -0.4 is 4.57 Å². The molecule has 0 fully saturated rings. The molecule has 0 saturated carbocycles. The average Bonchev–Trinajstić information content (AvgIpc) is 3.47. The van der Waals surface area contributed by atoms with E-state index in [1.165, 1.54) is 49.6 Å². The van der Waals surface area contributed by atoms with Gasteiger partial charge in [-0.3, -0.25) is 0 Å². The van der Waals surface area contributed by atoms with E-state index in [9.17, 15) is 0 Å². The predicted octanol–water partition coefficient (Wildman–Crippen LogP) is 8.35. The second-order valence-electron chi connectivity index (χ2n) is 12.1. The zero-order valence-corrected chi connectivity index (χ0v) is 25.0. The number of hydrogen-bond donors (Lipinski definition) is 0. The van der Waals surface area contributed by atoms with Gasteiger partial charge in [0.2, 0.25) is 0 Å². The van der Waals surface area contributed by atoms with E-state index in [4.69, 9.17) is 2.74 Å². The van der Waals surface area contributed by atoms with Gasteiger partial charge in [0.1, 0.15) is 0 Å². The summed E-state index contributed by atoms with van der Waals surface area (Å²) in [6, 6.07) is 23.7. The van der Waals surface area contributed by atoms with Crippen LogP contribution in [0.4, 0.5) is 0 Å². The fraction of sp³-hybridized carbons (Fsp3) is 0.229. The summed E-state index contributed by atoms with van der Waals surface area (Å²) in [5.74, 6) is 0. The number of rotatable bonds is 2. The molecule has 1 aliphatic carbocycles. The number of nitrogens with zero attached hydrogens (tertiary/aromatic N) is 2. The van der Waals surface area contributed by atoms with Crippen molar-refractivity contribution in [3.63, 3.8) is 0 Å². The molecule has 3 heteroatoms. The largest absolute Gasteiger partial charge is 0.343 e. The Morgan fingerprint density at radius 3 is 2.32 bits per heavy atom. The Kier molecular flexibility index (Phi) is 4.85. The first-order valence-corrected chi connectivity index (χ1v) is 13.0. The van der Waals surface area contributed by atoms with Crippen LogP contribution in [0, 0.1) is 19.4 Å². The quantitative estimate of drug-likeness (QED) is 0.129. The maximum absolute atomic E-state index is 8.79. The minimum absolute atomic E-state index is 0. The van der Waals surface area contributed by atoms with Gasteiger partial charge in [-0.05, 0) is 29.0 Å². The summed E-state index contributed by atoms with van der Waals surface area (Å²) in [7, 11) is 4.35. The van der Waals surface area contributed by atoms with Crippen LogP contribution >= 0.6 is 0 Å². The van der Waals surface area contributed by atoms with E-state index >= 15 is 0 Å². The van der Waals surface area contributed by atoms with Crippen LogP contribution in [0.5, 0.6) is 0 Å². The van der Waals surface area contributed by atoms with Gasteiger partial charge in [0.15, 0.2) is 0 Å². The molecular weight excluding hydrogens is 641 g/mol. The molecule has 2 nitrogen and oxygen atoms in total. The number of hydrogen-bond acceptors (Lipinski definition) is 0. The molecule has 0 spiro atoms. The Bertz CT molecular complexity index is 1970. The molecule has 7 rings (SSSR count). The fourth-order valence-electron chi connectivity index (χ4n) is 6.66. The zero-order chi connectivity index (χ0) is 27.6. The Balaban J connectivity index is 0.00000289. The van der Waals surface area contributed by atoms with Crippen molar-refractivity contribution in [1.82, 2.24) is 4.40 Å². The van der Waals surface area contributed by atoms with Crippen LogP contribution in [0.3, 0.4) is 0 Å². The topological polar surface area (TPSA) is 8.29 Å². The van der Waals surface area contributed by atoms with Gasteiger partial charge in [0.25, 0.3) is 0 Å². The zero-order valence-electron chi connectivity index (χ0n) is 24.6. The first-order valence-electron chi connectivity index (χ1n) is 14.0. The number of pyridine rings is 1. The SMILES string of the molecule is [2H]C([2H])(c1ccc(-c2c([CH2-])ccc3c2-c2c(n4c5ccccc5c5cccc2c54)C3(C)C)[n+]([CH2-])c1)C(C)(C)C.[Ir]. The maximum atomic E-state index is 8.79. The molecule has 1 aliphatic rings. The Labute approximate surface area is 241 Å². The van der Waals surface area contributed by atoms with Crippen molar-refractivity contribution in [3.8, 4) is 22.4 Å². The van der Waals surface area contributed by atoms with E-state index in [0.29, 0.717) is 5.56 Å². The smallest absolute Gasteiger partial charge is 0.0719 e. The molecule has 38 heavy (non-hydrogen) atoms. The minimum Gasteiger partial charge on any atom is -0.343 e. The summed E-state index contributed by atoms with van der Waals surface area (Å²) in [6.45, 7) is 14.9. The molecule has 0 bridgehead atoms. The fourth-order valence-corrected chi connectivity index (χ4v) is 6.66. The molecule has 0 amide bonds. The van der Waals surface area contributed by atoms with Gasteiger partial charge in [-0.1, -0.05) is 94.3 Å². The Hall–Kier alpha value is -3.26. The van der Waals surface area contributed by atoms with E-state index in [2.05, 4.69) is 86.8 Å². The Morgan fingerprint density at radius 2 is 1.58 bits per heavy atom. The molecule has 3 aromatic carbocycles. The summed E-state index contributed by atoms with van der Waals surface area (Å²) < 4.78 is 21.9. The molecule has 0 N–H and O–H groups in total. The number of aromatic nitrogens is 2. The van der Waals surface area contributed by atoms with Gasteiger partial charge < -0.3 is 8.97 Å². The molecule has 6 aromatic rings. The van der Waals surface area contributed by atoms with Gasteiger partial charge in [-0.15, -0.1) is 11.6 Å². The maximum Gasteiger partial charge on any atom is 0.0719 e. The third kappa shape index (κ3) is 3.25. The normalized spacial score (nSPS) is 15.4. The van der Waals surface area contributed by atoms with E-state index in [1.54, 1.807) is 0 Å². The molecule has 1 radical (unpaired) electrons. The van der Waals surface area contributed by atoms with Crippen molar-refractivity contribution in [3.05, 3.63) is 109 Å². The van der Waals surface area contributed by atoms with Crippen LogP contribution in [-0.2, 0) is 31.9 Å². The van der Waals surface area contributed by atoms with Crippen LogP contribution in [0.15, 0.2) is 72.9 Å². The monoisotopic (exact) mass is 676 g/mol.